The minimum absolute atomic E-state index is 0.0456. The molecule has 5 heteroatoms. The maximum atomic E-state index is 12.4. The first-order valence-electron chi connectivity index (χ1n) is 9.80. The van der Waals surface area contributed by atoms with Crippen molar-refractivity contribution in [3.63, 3.8) is 0 Å². The monoisotopic (exact) mass is 402 g/mol. The summed E-state index contributed by atoms with van der Waals surface area (Å²) >= 11 is 0. The first kappa shape index (κ1) is 21.1. The average Bonchev–Trinajstić information content (AvgIpc) is 2.72. The lowest BCUT2D eigenvalue weighted by Gasteiger charge is -2.19. The predicted octanol–water partition coefficient (Wildman–Crippen LogP) is 4.87. The van der Waals surface area contributed by atoms with E-state index in [1.807, 2.05) is 24.3 Å². The van der Waals surface area contributed by atoms with E-state index < -0.39 is 0 Å². The van der Waals surface area contributed by atoms with E-state index in [0.717, 1.165) is 5.56 Å². The van der Waals surface area contributed by atoms with Gasteiger partial charge < -0.3 is 15.7 Å². The summed E-state index contributed by atoms with van der Waals surface area (Å²) in [6.07, 6.45) is 0. The first-order chi connectivity index (χ1) is 14.2. The summed E-state index contributed by atoms with van der Waals surface area (Å²) in [5, 5.41) is 15.1. The molecule has 0 aliphatic carbocycles. The molecule has 0 atom stereocenters. The second-order valence-electron chi connectivity index (χ2n) is 8.21. The Balaban J connectivity index is 1.56. The molecule has 0 bridgehead atoms. The Morgan fingerprint density at radius 2 is 1.43 bits per heavy atom. The molecule has 3 aromatic carbocycles. The molecular formula is C25H26N2O3. The van der Waals surface area contributed by atoms with Crippen molar-refractivity contribution in [1.29, 1.82) is 0 Å². The molecule has 0 saturated heterocycles. The van der Waals surface area contributed by atoms with Crippen molar-refractivity contribution >= 4 is 17.5 Å². The zero-order valence-electron chi connectivity index (χ0n) is 17.4. The van der Waals surface area contributed by atoms with Crippen LogP contribution in [-0.2, 0) is 12.0 Å². The lowest BCUT2D eigenvalue weighted by Crippen LogP contribution is -2.23. The molecule has 154 valence electrons. The Morgan fingerprint density at radius 3 is 2.03 bits per heavy atom. The molecule has 0 radical (unpaired) electrons. The maximum Gasteiger partial charge on any atom is 0.255 e. The van der Waals surface area contributed by atoms with E-state index in [1.165, 1.54) is 17.7 Å². The second kappa shape index (κ2) is 8.82. The molecule has 3 N–H and O–H groups in total. The van der Waals surface area contributed by atoms with Gasteiger partial charge >= 0.3 is 0 Å². The van der Waals surface area contributed by atoms with Crippen molar-refractivity contribution in [2.45, 2.75) is 32.7 Å². The summed E-state index contributed by atoms with van der Waals surface area (Å²) in [7, 11) is 0. The molecule has 3 aromatic rings. The molecule has 0 spiro atoms. The van der Waals surface area contributed by atoms with Gasteiger partial charge in [0.2, 0.25) is 0 Å². The fraction of sp³-hybridized carbons (Fsp3) is 0.200. The number of carbonyl (C=O) groups excluding carboxylic acids is 2. The number of amides is 2. The van der Waals surface area contributed by atoms with Crippen molar-refractivity contribution in [2.24, 2.45) is 0 Å². The molecule has 0 saturated carbocycles. The van der Waals surface area contributed by atoms with Gasteiger partial charge in [-0.25, -0.2) is 0 Å². The quantitative estimate of drug-likeness (QED) is 0.570. The molecule has 0 unspecified atom stereocenters. The molecule has 2 amide bonds. The van der Waals surface area contributed by atoms with Crippen molar-refractivity contribution in [3.05, 3.63) is 95.1 Å². The van der Waals surface area contributed by atoms with E-state index in [9.17, 15) is 14.7 Å². The Labute approximate surface area is 176 Å². The SMILES string of the molecule is CC(C)(C)c1ccc(C(=O)NCc2ccc(C(=O)Nc3cccc(O)c3)cc2)cc1. The standard InChI is InChI=1S/C25H26N2O3/c1-25(2,3)20-13-11-18(12-14-20)23(29)26-16-17-7-9-19(10-8-17)24(30)27-21-5-4-6-22(28)15-21/h4-15,28H,16H2,1-3H3,(H,26,29)(H,27,30). The number of benzene rings is 3. The number of hydrogen-bond donors (Lipinski definition) is 3. The molecular weight excluding hydrogens is 376 g/mol. The van der Waals surface area contributed by atoms with Crippen LogP contribution in [0.4, 0.5) is 5.69 Å². The maximum absolute atomic E-state index is 12.4. The minimum Gasteiger partial charge on any atom is -0.508 e. The summed E-state index contributed by atoms with van der Waals surface area (Å²) in [6.45, 7) is 6.77. The highest BCUT2D eigenvalue weighted by Crippen LogP contribution is 2.22. The third kappa shape index (κ3) is 5.47. The fourth-order valence-corrected chi connectivity index (χ4v) is 2.97. The number of aromatic hydroxyl groups is 1. The lowest BCUT2D eigenvalue weighted by molar-refractivity contribution is 0.0949. The van der Waals surface area contributed by atoms with Crippen molar-refractivity contribution < 1.29 is 14.7 Å². The first-order valence-corrected chi connectivity index (χ1v) is 9.80. The van der Waals surface area contributed by atoms with Gasteiger partial charge in [0.25, 0.3) is 11.8 Å². The van der Waals surface area contributed by atoms with Gasteiger partial charge in [-0.05, 0) is 52.9 Å². The molecule has 0 fully saturated rings. The topological polar surface area (TPSA) is 78.4 Å². The van der Waals surface area contributed by atoms with Gasteiger partial charge in [-0.3, -0.25) is 9.59 Å². The molecule has 3 rings (SSSR count). The van der Waals surface area contributed by atoms with E-state index in [-0.39, 0.29) is 23.0 Å². The van der Waals surface area contributed by atoms with Gasteiger partial charge in [0, 0.05) is 29.4 Å². The largest absolute Gasteiger partial charge is 0.508 e. The number of rotatable bonds is 5. The van der Waals surface area contributed by atoms with Crippen LogP contribution in [0.5, 0.6) is 5.75 Å². The molecule has 0 aromatic heterocycles. The number of carbonyl (C=O) groups is 2. The van der Waals surface area contributed by atoms with Gasteiger partial charge in [0.1, 0.15) is 5.75 Å². The summed E-state index contributed by atoms with van der Waals surface area (Å²) in [6, 6.07) is 21.0. The Kier molecular flexibility index (Phi) is 6.21. The highest BCUT2D eigenvalue weighted by atomic mass is 16.3. The van der Waals surface area contributed by atoms with Crippen LogP contribution < -0.4 is 10.6 Å². The van der Waals surface area contributed by atoms with Gasteiger partial charge in [-0.15, -0.1) is 0 Å². The zero-order chi connectivity index (χ0) is 21.7. The normalized spacial score (nSPS) is 11.0. The summed E-state index contributed by atoms with van der Waals surface area (Å²) in [4.78, 5) is 24.7. The van der Waals surface area contributed by atoms with Gasteiger partial charge in [-0.1, -0.05) is 51.1 Å². The highest BCUT2D eigenvalue weighted by Gasteiger charge is 2.14. The zero-order valence-corrected chi connectivity index (χ0v) is 17.4. The van der Waals surface area contributed by atoms with Crippen LogP contribution in [0.15, 0.2) is 72.8 Å². The number of hydrogen-bond acceptors (Lipinski definition) is 3. The van der Waals surface area contributed by atoms with Crippen LogP contribution in [0, 0.1) is 0 Å². The number of anilines is 1. The summed E-state index contributed by atoms with van der Waals surface area (Å²) < 4.78 is 0. The van der Waals surface area contributed by atoms with Crippen molar-refractivity contribution in [1.82, 2.24) is 5.32 Å². The van der Waals surface area contributed by atoms with E-state index in [4.69, 9.17) is 0 Å². The van der Waals surface area contributed by atoms with Crippen molar-refractivity contribution in [3.8, 4) is 5.75 Å². The summed E-state index contributed by atoms with van der Waals surface area (Å²) in [5.74, 6) is -0.316. The van der Waals surface area contributed by atoms with Crippen molar-refractivity contribution in [2.75, 3.05) is 5.32 Å². The highest BCUT2D eigenvalue weighted by molar-refractivity contribution is 6.04. The minimum atomic E-state index is -0.268. The molecule has 0 aliphatic rings. The third-order valence-corrected chi connectivity index (χ3v) is 4.79. The number of nitrogens with one attached hydrogen (secondary N) is 2. The molecule has 0 aliphatic heterocycles. The predicted molar refractivity (Wildman–Crippen MR) is 119 cm³/mol. The Bertz CT molecular complexity index is 1030. The average molecular weight is 402 g/mol. The van der Waals surface area contributed by atoms with Gasteiger partial charge in [0.05, 0.1) is 0 Å². The van der Waals surface area contributed by atoms with Crippen LogP contribution in [0.1, 0.15) is 52.6 Å². The number of phenols is 1. The van der Waals surface area contributed by atoms with Crippen LogP contribution in [0.25, 0.3) is 0 Å². The molecule has 5 nitrogen and oxygen atoms in total. The lowest BCUT2D eigenvalue weighted by atomic mass is 9.87. The summed E-state index contributed by atoms with van der Waals surface area (Å²) in [5.41, 5.74) is 3.75. The van der Waals surface area contributed by atoms with Crippen LogP contribution in [0.2, 0.25) is 0 Å². The van der Waals surface area contributed by atoms with Crippen LogP contribution in [-0.4, -0.2) is 16.9 Å². The van der Waals surface area contributed by atoms with E-state index in [2.05, 4.69) is 31.4 Å². The Hall–Kier alpha value is -3.60. The van der Waals surface area contributed by atoms with E-state index in [0.29, 0.717) is 23.4 Å². The molecule has 30 heavy (non-hydrogen) atoms. The molecule has 0 heterocycles. The van der Waals surface area contributed by atoms with E-state index >= 15 is 0 Å². The smallest absolute Gasteiger partial charge is 0.255 e. The van der Waals surface area contributed by atoms with E-state index in [1.54, 1.807) is 36.4 Å². The third-order valence-electron chi connectivity index (χ3n) is 4.79. The number of phenolic OH excluding ortho intramolecular Hbond substituents is 1. The van der Waals surface area contributed by atoms with Crippen LogP contribution in [0.3, 0.4) is 0 Å². The Morgan fingerprint density at radius 1 is 0.833 bits per heavy atom. The van der Waals surface area contributed by atoms with Gasteiger partial charge in [-0.2, -0.15) is 0 Å². The van der Waals surface area contributed by atoms with Crippen LogP contribution >= 0.6 is 0 Å². The van der Waals surface area contributed by atoms with Gasteiger partial charge in [0.15, 0.2) is 0 Å². The second-order valence-corrected chi connectivity index (χ2v) is 8.21. The fourth-order valence-electron chi connectivity index (χ4n) is 2.97.